The lowest BCUT2D eigenvalue weighted by molar-refractivity contribution is -0.132. The van der Waals surface area contributed by atoms with E-state index in [9.17, 15) is 13.2 Å². The lowest BCUT2D eigenvalue weighted by Gasteiger charge is -2.32. The first kappa shape index (κ1) is 20.8. The van der Waals surface area contributed by atoms with Crippen molar-refractivity contribution in [1.82, 2.24) is 9.62 Å². The monoisotopic (exact) mass is 420 g/mol. The smallest absolute Gasteiger partial charge is 0.240 e. The van der Waals surface area contributed by atoms with Crippen LogP contribution in [0.4, 0.5) is 0 Å². The summed E-state index contributed by atoms with van der Waals surface area (Å²) >= 11 is 5.82. The molecule has 1 heterocycles. The molecule has 0 radical (unpaired) electrons. The molecule has 1 amide bonds. The molecule has 0 atom stereocenters. The SMILES string of the molecule is Cc1ccc(CCC(=O)N2CCC(NS(=O)(=O)c3ccc(Cl)cc3)CC2)cc1. The molecule has 0 bridgehead atoms. The fourth-order valence-corrected chi connectivity index (χ4v) is 4.74. The summed E-state index contributed by atoms with van der Waals surface area (Å²) in [4.78, 5) is 14.5. The molecule has 0 spiro atoms. The molecule has 0 aromatic heterocycles. The molecule has 1 fully saturated rings. The summed E-state index contributed by atoms with van der Waals surface area (Å²) < 4.78 is 27.7. The van der Waals surface area contributed by atoms with Gasteiger partial charge in [-0.1, -0.05) is 41.4 Å². The van der Waals surface area contributed by atoms with Gasteiger partial charge in [-0.15, -0.1) is 0 Å². The summed E-state index contributed by atoms with van der Waals surface area (Å²) in [5, 5.41) is 0.497. The maximum absolute atomic E-state index is 12.5. The molecule has 0 unspecified atom stereocenters. The number of aryl methyl sites for hydroxylation is 2. The largest absolute Gasteiger partial charge is 0.343 e. The van der Waals surface area contributed by atoms with E-state index >= 15 is 0 Å². The van der Waals surface area contributed by atoms with Crippen molar-refractivity contribution >= 4 is 27.5 Å². The van der Waals surface area contributed by atoms with E-state index in [2.05, 4.69) is 29.0 Å². The summed E-state index contributed by atoms with van der Waals surface area (Å²) in [6.07, 6.45) is 2.43. The minimum atomic E-state index is -3.58. The summed E-state index contributed by atoms with van der Waals surface area (Å²) in [6.45, 7) is 3.18. The second kappa shape index (κ2) is 9.07. The first-order valence-electron chi connectivity index (χ1n) is 9.45. The zero-order valence-electron chi connectivity index (χ0n) is 15.9. The van der Waals surface area contributed by atoms with Crippen LogP contribution < -0.4 is 4.72 Å². The zero-order chi connectivity index (χ0) is 20.1. The zero-order valence-corrected chi connectivity index (χ0v) is 17.5. The summed E-state index contributed by atoms with van der Waals surface area (Å²) in [6, 6.07) is 14.2. The van der Waals surface area contributed by atoms with Gasteiger partial charge in [0, 0.05) is 30.6 Å². The number of nitrogens with one attached hydrogen (secondary N) is 1. The lowest BCUT2D eigenvalue weighted by Crippen LogP contribution is -2.46. The van der Waals surface area contributed by atoms with Crippen LogP contribution in [0.3, 0.4) is 0 Å². The Bertz CT molecular complexity index is 904. The third kappa shape index (κ3) is 5.56. The first-order chi connectivity index (χ1) is 13.3. The number of nitrogens with zero attached hydrogens (tertiary/aromatic N) is 1. The highest BCUT2D eigenvalue weighted by molar-refractivity contribution is 7.89. The van der Waals surface area contributed by atoms with E-state index in [1.54, 1.807) is 12.1 Å². The van der Waals surface area contributed by atoms with Crippen LogP contribution in [0.25, 0.3) is 0 Å². The van der Waals surface area contributed by atoms with Crippen molar-refractivity contribution in [2.75, 3.05) is 13.1 Å². The van der Waals surface area contributed by atoms with Gasteiger partial charge in [-0.3, -0.25) is 4.79 Å². The van der Waals surface area contributed by atoms with Crippen LogP contribution in [-0.2, 0) is 21.2 Å². The number of hydrogen-bond acceptors (Lipinski definition) is 3. The molecule has 2 aromatic carbocycles. The molecule has 3 rings (SSSR count). The highest BCUT2D eigenvalue weighted by atomic mass is 35.5. The van der Waals surface area contributed by atoms with Gasteiger partial charge < -0.3 is 4.90 Å². The van der Waals surface area contributed by atoms with Crippen LogP contribution in [0.2, 0.25) is 5.02 Å². The number of amides is 1. The van der Waals surface area contributed by atoms with E-state index < -0.39 is 10.0 Å². The molecule has 1 saturated heterocycles. The van der Waals surface area contributed by atoms with Gasteiger partial charge in [0.25, 0.3) is 0 Å². The van der Waals surface area contributed by atoms with Gasteiger partial charge in [-0.25, -0.2) is 13.1 Å². The molecule has 0 saturated carbocycles. The normalized spacial score (nSPS) is 15.6. The van der Waals surface area contributed by atoms with E-state index in [0.29, 0.717) is 37.4 Å². The second-order valence-corrected chi connectivity index (χ2v) is 9.37. The molecular weight excluding hydrogens is 396 g/mol. The van der Waals surface area contributed by atoms with E-state index in [-0.39, 0.29) is 16.8 Å². The van der Waals surface area contributed by atoms with Crippen LogP contribution >= 0.6 is 11.6 Å². The van der Waals surface area contributed by atoms with Crippen molar-refractivity contribution in [2.45, 2.75) is 43.5 Å². The van der Waals surface area contributed by atoms with Crippen LogP contribution in [0.5, 0.6) is 0 Å². The Kier molecular flexibility index (Phi) is 6.75. The molecule has 1 aliphatic rings. The standard InChI is InChI=1S/C21H25ClN2O3S/c1-16-2-4-17(5-3-16)6-11-21(25)24-14-12-19(13-15-24)23-28(26,27)20-9-7-18(22)8-10-20/h2-5,7-10,19,23H,6,11-15H2,1H3. The van der Waals surface area contributed by atoms with Crippen LogP contribution in [0.1, 0.15) is 30.4 Å². The molecule has 7 heteroatoms. The molecule has 150 valence electrons. The number of rotatable bonds is 6. The van der Waals surface area contributed by atoms with Gasteiger partial charge in [-0.2, -0.15) is 0 Å². The Balaban J connectivity index is 1.47. The van der Waals surface area contributed by atoms with Gasteiger partial charge in [-0.05, 0) is 56.0 Å². The Morgan fingerprint density at radius 3 is 2.29 bits per heavy atom. The molecule has 5 nitrogen and oxygen atoms in total. The molecule has 0 aliphatic carbocycles. The van der Waals surface area contributed by atoms with E-state index in [1.165, 1.54) is 17.7 Å². The first-order valence-corrected chi connectivity index (χ1v) is 11.3. The minimum Gasteiger partial charge on any atom is -0.343 e. The fourth-order valence-electron chi connectivity index (χ4n) is 3.31. The van der Waals surface area contributed by atoms with E-state index in [1.807, 2.05) is 11.8 Å². The number of sulfonamides is 1. The summed E-state index contributed by atoms with van der Waals surface area (Å²) in [5.74, 6) is 0.125. The maximum Gasteiger partial charge on any atom is 0.240 e. The van der Waals surface area contributed by atoms with Gasteiger partial charge in [0.2, 0.25) is 15.9 Å². The average molecular weight is 421 g/mol. The second-order valence-electron chi connectivity index (χ2n) is 7.22. The van der Waals surface area contributed by atoms with Gasteiger partial charge >= 0.3 is 0 Å². The summed E-state index contributed by atoms with van der Waals surface area (Å²) in [7, 11) is -3.58. The van der Waals surface area contributed by atoms with Gasteiger partial charge in [0.05, 0.1) is 4.90 Å². The predicted molar refractivity (Wildman–Crippen MR) is 111 cm³/mol. The molecule has 1 aliphatic heterocycles. The third-order valence-electron chi connectivity index (χ3n) is 5.04. The Hall–Kier alpha value is -1.89. The van der Waals surface area contributed by atoms with E-state index in [0.717, 1.165) is 12.0 Å². The Morgan fingerprint density at radius 1 is 1.07 bits per heavy atom. The average Bonchev–Trinajstić information content (AvgIpc) is 2.68. The summed E-state index contributed by atoms with van der Waals surface area (Å²) in [5.41, 5.74) is 2.36. The van der Waals surface area contributed by atoms with Gasteiger partial charge in [0.1, 0.15) is 0 Å². The van der Waals surface area contributed by atoms with Gasteiger partial charge in [0.15, 0.2) is 0 Å². The third-order valence-corrected chi connectivity index (χ3v) is 6.83. The highest BCUT2D eigenvalue weighted by Crippen LogP contribution is 2.18. The quantitative estimate of drug-likeness (QED) is 0.777. The molecule has 28 heavy (non-hydrogen) atoms. The van der Waals surface area contributed by atoms with E-state index in [4.69, 9.17) is 11.6 Å². The number of likely N-dealkylation sites (tertiary alicyclic amines) is 1. The van der Waals surface area contributed by atoms with Crippen molar-refractivity contribution in [2.24, 2.45) is 0 Å². The number of hydrogen-bond donors (Lipinski definition) is 1. The van der Waals surface area contributed by atoms with Crippen LogP contribution in [0.15, 0.2) is 53.4 Å². The van der Waals surface area contributed by atoms with Crippen molar-refractivity contribution in [3.05, 3.63) is 64.7 Å². The lowest BCUT2D eigenvalue weighted by atomic mass is 10.0. The highest BCUT2D eigenvalue weighted by Gasteiger charge is 2.26. The molecule has 2 aromatic rings. The molecule has 1 N–H and O–H groups in total. The van der Waals surface area contributed by atoms with Crippen molar-refractivity contribution in [1.29, 1.82) is 0 Å². The topological polar surface area (TPSA) is 66.5 Å². The number of carbonyl (C=O) groups is 1. The Morgan fingerprint density at radius 2 is 1.68 bits per heavy atom. The minimum absolute atomic E-state index is 0.125. The fraction of sp³-hybridized carbons (Fsp3) is 0.381. The van der Waals surface area contributed by atoms with Crippen LogP contribution in [0, 0.1) is 6.92 Å². The number of halogens is 1. The maximum atomic E-state index is 12.5. The predicted octanol–water partition coefficient (Wildman–Crippen LogP) is 3.55. The van der Waals surface area contributed by atoms with Crippen molar-refractivity contribution in [3.63, 3.8) is 0 Å². The van der Waals surface area contributed by atoms with Crippen molar-refractivity contribution in [3.8, 4) is 0 Å². The van der Waals surface area contributed by atoms with Crippen molar-refractivity contribution < 1.29 is 13.2 Å². The molecular formula is C21H25ClN2O3S. The van der Waals surface area contributed by atoms with Crippen LogP contribution in [-0.4, -0.2) is 38.4 Å². The number of piperidine rings is 1. The number of benzene rings is 2. The Labute approximate surface area is 171 Å². The number of carbonyl (C=O) groups excluding carboxylic acids is 1.